The van der Waals surface area contributed by atoms with Gasteiger partial charge in [-0.2, -0.15) is 0 Å². The van der Waals surface area contributed by atoms with Gasteiger partial charge in [0.2, 0.25) is 0 Å². The van der Waals surface area contributed by atoms with E-state index in [1.54, 1.807) is 6.07 Å². The van der Waals surface area contributed by atoms with Gasteiger partial charge in [0.15, 0.2) is 17.6 Å². The normalized spacial score (nSPS) is 14.2. The Morgan fingerprint density at radius 3 is 2.50 bits per heavy atom. The third-order valence-corrected chi connectivity index (χ3v) is 4.64. The van der Waals surface area contributed by atoms with Gasteiger partial charge < -0.3 is 15.2 Å². The summed E-state index contributed by atoms with van der Waals surface area (Å²) in [5, 5.41) is 11.9. The molecule has 0 aromatic heterocycles. The first kappa shape index (κ1) is 17.9. The van der Waals surface area contributed by atoms with Crippen molar-refractivity contribution in [3.63, 3.8) is 0 Å². The minimum atomic E-state index is -1.35. The molecular formula is C20H20FNO4. The Labute approximate surface area is 150 Å². The van der Waals surface area contributed by atoms with Gasteiger partial charge in [0.05, 0.1) is 7.11 Å². The van der Waals surface area contributed by atoms with E-state index in [0.29, 0.717) is 5.56 Å². The molecule has 0 bridgehead atoms. The molecule has 3 rings (SSSR count). The molecule has 2 N–H and O–H groups in total. The van der Waals surface area contributed by atoms with Gasteiger partial charge in [0.1, 0.15) is 0 Å². The minimum absolute atomic E-state index is 0.0129. The van der Waals surface area contributed by atoms with Crippen LogP contribution < -0.4 is 10.1 Å². The molecule has 0 saturated carbocycles. The molecule has 0 heterocycles. The van der Waals surface area contributed by atoms with Crippen LogP contribution in [0.2, 0.25) is 0 Å². The van der Waals surface area contributed by atoms with Crippen molar-refractivity contribution in [2.24, 2.45) is 0 Å². The van der Waals surface area contributed by atoms with Gasteiger partial charge in [-0.3, -0.25) is 4.79 Å². The van der Waals surface area contributed by atoms with E-state index in [1.165, 1.54) is 24.8 Å². The summed E-state index contributed by atoms with van der Waals surface area (Å²) < 4.78 is 18.7. The molecule has 136 valence electrons. The maximum atomic E-state index is 13.9. The standard InChI is InChI=1S/C20H20FNO4/c1-26-17-9-8-14(11-16(17)21)18(20(24)25)22-19(23)15-7-6-12-4-2-3-5-13(12)10-15/h6-11,18H,2-5H2,1H3,(H,22,23)(H,24,25). The minimum Gasteiger partial charge on any atom is -0.494 e. The second kappa shape index (κ2) is 7.56. The highest BCUT2D eigenvalue weighted by molar-refractivity contribution is 5.97. The van der Waals surface area contributed by atoms with E-state index in [1.807, 2.05) is 12.1 Å². The molecule has 1 amide bonds. The number of rotatable bonds is 5. The number of carbonyl (C=O) groups excluding carboxylic acids is 1. The van der Waals surface area contributed by atoms with Gasteiger partial charge >= 0.3 is 5.97 Å². The highest BCUT2D eigenvalue weighted by Crippen LogP contribution is 2.24. The number of halogens is 1. The molecule has 0 aliphatic heterocycles. The SMILES string of the molecule is COc1ccc(C(NC(=O)c2ccc3c(c2)CCCC3)C(=O)O)cc1F. The lowest BCUT2D eigenvalue weighted by Crippen LogP contribution is -2.34. The number of carboxylic acids is 1. The van der Waals surface area contributed by atoms with Crippen LogP contribution in [0.25, 0.3) is 0 Å². The molecule has 0 spiro atoms. The van der Waals surface area contributed by atoms with Crippen LogP contribution in [0.5, 0.6) is 5.75 Å². The highest BCUT2D eigenvalue weighted by Gasteiger charge is 2.24. The topological polar surface area (TPSA) is 75.6 Å². The molecule has 1 atom stereocenters. The number of aryl methyl sites for hydroxylation is 2. The van der Waals surface area contributed by atoms with Crippen molar-refractivity contribution in [3.8, 4) is 5.75 Å². The van der Waals surface area contributed by atoms with Crippen LogP contribution in [0.15, 0.2) is 36.4 Å². The zero-order valence-electron chi connectivity index (χ0n) is 14.4. The van der Waals surface area contributed by atoms with E-state index in [0.717, 1.165) is 37.3 Å². The second-order valence-electron chi connectivity index (χ2n) is 6.33. The van der Waals surface area contributed by atoms with Gasteiger partial charge in [-0.25, -0.2) is 9.18 Å². The van der Waals surface area contributed by atoms with E-state index in [2.05, 4.69) is 5.32 Å². The van der Waals surface area contributed by atoms with Gasteiger partial charge in [-0.05, 0) is 66.6 Å². The fourth-order valence-electron chi connectivity index (χ4n) is 3.24. The number of carboxylic acid groups (broad SMARTS) is 1. The van der Waals surface area contributed by atoms with Crippen molar-refractivity contribution < 1.29 is 23.8 Å². The predicted octanol–water partition coefficient (Wildman–Crippen LogP) is 3.27. The largest absolute Gasteiger partial charge is 0.494 e. The summed E-state index contributed by atoms with van der Waals surface area (Å²) in [6, 6.07) is 7.92. The summed E-state index contributed by atoms with van der Waals surface area (Å²) >= 11 is 0. The van der Waals surface area contributed by atoms with Crippen molar-refractivity contribution in [2.45, 2.75) is 31.7 Å². The quantitative estimate of drug-likeness (QED) is 0.861. The Bertz CT molecular complexity index is 850. The Kier molecular flexibility index (Phi) is 5.21. The van der Waals surface area contributed by atoms with Crippen LogP contribution in [0.4, 0.5) is 4.39 Å². The number of carbonyl (C=O) groups is 2. The fourth-order valence-corrected chi connectivity index (χ4v) is 3.24. The number of fused-ring (bicyclic) bond motifs is 1. The average Bonchev–Trinajstić information content (AvgIpc) is 2.65. The van der Waals surface area contributed by atoms with Gasteiger partial charge in [-0.1, -0.05) is 12.1 Å². The van der Waals surface area contributed by atoms with Crippen molar-refractivity contribution in [1.29, 1.82) is 0 Å². The number of ether oxygens (including phenoxy) is 1. The summed E-state index contributed by atoms with van der Waals surface area (Å²) in [4.78, 5) is 24.1. The first-order valence-corrected chi connectivity index (χ1v) is 8.48. The number of nitrogens with one attached hydrogen (secondary N) is 1. The smallest absolute Gasteiger partial charge is 0.330 e. The lowest BCUT2D eigenvalue weighted by molar-refractivity contribution is -0.139. The van der Waals surface area contributed by atoms with Crippen molar-refractivity contribution >= 4 is 11.9 Å². The number of hydrogen-bond acceptors (Lipinski definition) is 3. The monoisotopic (exact) mass is 357 g/mol. The van der Waals surface area contributed by atoms with Crippen LogP contribution in [0.3, 0.4) is 0 Å². The summed E-state index contributed by atoms with van der Waals surface area (Å²) in [6.45, 7) is 0. The fraction of sp³-hybridized carbons (Fsp3) is 0.300. The maximum absolute atomic E-state index is 13.9. The van der Waals surface area contributed by atoms with E-state index in [-0.39, 0.29) is 11.3 Å². The Hall–Kier alpha value is -2.89. The van der Waals surface area contributed by atoms with Gasteiger partial charge in [-0.15, -0.1) is 0 Å². The van der Waals surface area contributed by atoms with Crippen LogP contribution in [-0.2, 0) is 17.6 Å². The summed E-state index contributed by atoms with van der Waals surface area (Å²) in [5.74, 6) is -2.43. The molecule has 0 radical (unpaired) electrons. The predicted molar refractivity (Wildman–Crippen MR) is 93.9 cm³/mol. The Balaban J connectivity index is 1.83. The van der Waals surface area contributed by atoms with Crippen molar-refractivity contribution in [2.75, 3.05) is 7.11 Å². The summed E-state index contributed by atoms with van der Waals surface area (Å²) in [5.41, 5.74) is 2.92. The van der Waals surface area contributed by atoms with Crippen molar-refractivity contribution in [3.05, 3.63) is 64.5 Å². The lowest BCUT2D eigenvalue weighted by Gasteiger charge is -2.18. The van der Waals surface area contributed by atoms with E-state index < -0.39 is 23.7 Å². The second-order valence-corrected chi connectivity index (χ2v) is 6.33. The molecule has 1 unspecified atom stereocenters. The first-order chi connectivity index (χ1) is 12.5. The highest BCUT2D eigenvalue weighted by atomic mass is 19.1. The number of aliphatic carboxylic acids is 1. The molecular weight excluding hydrogens is 337 g/mol. The van der Waals surface area contributed by atoms with E-state index in [4.69, 9.17) is 4.74 Å². The van der Waals surface area contributed by atoms with Gasteiger partial charge in [0.25, 0.3) is 5.91 Å². The lowest BCUT2D eigenvalue weighted by atomic mass is 9.90. The number of benzene rings is 2. The van der Waals surface area contributed by atoms with E-state index in [9.17, 15) is 19.1 Å². The molecule has 26 heavy (non-hydrogen) atoms. The third-order valence-electron chi connectivity index (χ3n) is 4.64. The van der Waals surface area contributed by atoms with Crippen LogP contribution >= 0.6 is 0 Å². The number of methoxy groups -OCH3 is 1. The molecule has 0 saturated heterocycles. The van der Waals surface area contributed by atoms with Crippen LogP contribution in [0.1, 0.15) is 45.9 Å². The van der Waals surface area contributed by atoms with Crippen molar-refractivity contribution in [1.82, 2.24) is 5.32 Å². The zero-order valence-corrected chi connectivity index (χ0v) is 14.4. The molecule has 1 aliphatic carbocycles. The number of hydrogen-bond donors (Lipinski definition) is 2. The molecule has 0 fully saturated rings. The Morgan fingerprint density at radius 1 is 1.12 bits per heavy atom. The average molecular weight is 357 g/mol. The first-order valence-electron chi connectivity index (χ1n) is 8.48. The molecule has 6 heteroatoms. The van der Waals surface area contributed by atoms with Crippen LogP contribution in [-0.4, -0.2) is 24.1 Å². The zero-order chi connectivity index (χ0) is 18.7. The maximum Gasteiger partial charge on any atom is 0.330 e. The molecule has 5 nitrogen and oxygen atoms in total. The molecule has 2 aromatic rings. The number of amides is 1. The molecule has 2 aromatic carbocycles. The summed E-state index contributed by atoms with van der Waals surface area (Å²) in [6.07, 6.45) is 4.15. The van der Waals surface area contributed by atoms with Gasteiger partial charge in [0, 0.05) is 5.56 Å². The molecule has 1 aliphatic rings. The van der Waals surface area contributed by atoms with E-state index >= 15 is 0 Å². The Morgan fingerprint density at radius 2 is 1.85 bits per heavy atom. The third kappa shape index (κ3) is 3.69. The van der Waals surface area contributed by atoms with Crippen LogP contribution in [0, 0.1) is 5.82 Å². The summed E-state index contributed by atoms with van der Waals surface area (Å²) in [7, 11) is 1.32.